The monoisotopic (exact) mass is 348 g/mol. The molecular formula is C20H20N4O2. The summed E-state index contributed by atoms with van der Waals surface area (Å²) in [6.07, 6.45) is 9.19. The number of hydrogen-bond acceptors (Lipinski definition) is 5. The van der Waals surface area contributed by atoms with Crippen molar-refractivity contribution in [2.75, 3.05) is 0 Å². The first-order valence-corrected chi connectivity index (χ1v) is 8.51. The second-order valence-corrected chi connectivity index (χ2v) is 6.06. The van der Waals surface area contributed by atoms with E-state index in [0.717, 1.165) is 11.4 Å². The molecule has 1 aromatic carbocycles. The van der Waals surface area contributed by atoms with E-state index in [0.29, 0.717) is 38.0 Å². The van der Waals surface area contributed by atoms with Crippen LogP contribution in [-0.4, -0.2) is 16.6 Å². The Bertz CT molecular complexity index is 804. The number of benzene rings is 1. The molecule has 1 amide bonds. The van der Waals surface area contributed by atoms with Crippen molar-refractivity contribution < 1.29 is 9.53 Å². The van der Waals surface area contributed by atoms with Gasteiger partial charge in [-0.15, -0.1) is 12.3 Å². The lowest BCUT2D eigenvalue weighted by Crippen LogP contribution is -2.25. The molecular weight excluding hydrogens is 328 g/mol. The molecule has 0 unspecified atom stereocenters. The Balaban J connectivity index is 1.40. The average molecular weight is 348 g/mol. The molecule has 1 aliphatic heterocycles. The lowest BCUT2D eigenvalue weighted by molar-refractivity contribution is -0.121. The van der Waals surface area contributed by atoms with Crippen molar-refractivity contribution >= 4 is 5.91 Å². The van der Waals surface area contributed by atoms with Gasteiger partial charge in [0, 0.05) is 25.7 Å². The third-order valence-electron chi connectivity index (χ3n) is 4.05. The topological polar surface area (TPSA) is 75.9 Å². The van der Waals surface area contributed by atoms with Crippen molar-refractivity contribution in [3.63, 3.8) is 0 Å². The zero-order valence-corrected chi connectivity index (χ0v) is 14.4. The number of nitrogens with one attached hydrogen (secondary N) is 1. The molecule has 0 saturated heterocycles. The fourth-order valence-electron chi connectivity index (χ4n) is 2.46. The van der Waals surface area contributed by atoms with Crippen molar-refractivity contribution in [2.45, 2.75) is 37.9 Å². The van der Waals surface area contributed by atoms with Crippen LogP contribution in [0.15, 0.2) is 58.9 Å². The second kappa shape index (κ2) is 8.26. The molecule has 0 bridgehead atoms. The molecule has 1 aliphatic rings. The number of terminal acetylenes is 1. The van der Waals surface area contributed by atoms with Crippen LogP contribution in [0.4, 0.5) is 0 Å². The van der Waals surface area contributed by atoms with Crippen molar-refractivity contribution in [3.05, 3.63) is 54.4 Å². The summed E-state index contributed by atoms with van der Waals surface area (Å²) in [7, 11) is 0. The van der Waals surface area contributed by atoms with Crippen LogP contribution < -0.4 is 10.1 Å². The zero-order chi connectivity index (χ0) is 18.2. The molecule has 2 aromatic rings. The normalized spacial score (nSPS) is 13.7. The predicted octanol–water partition coefficient (Wildman–Crippen LogP) is 3.85. The Morgan fingerprint density at radius 2 is 1.92 bits per heavy atom. The minimum absolute atomic E-state index is 0.0474. The smallest absolute Gasteiger partial charge is 0.220 e. The van der Waals surface area contributed by atoms with Gasteiger partial charge in [-0.05, 0) is 24.3 Å². The van der Waals surface area contributed by atoms with E-state index in [1.165, 1.54) is 0 Å². The predicted molar refractivity (Wildman–Crippen MR) is 97.5 cm³/mol. The van der Waals surface area contributed by atoms with Crippen molar-refractivity contribution in [1.29, 1.82) is 0 Å². The Hall–Kier alpha value is -3.20. The SMILES string of the molecule is C#CCCC1(CCC(=O)NCc2ccc(Oc3ccccc3)cn2)N=N1. The number of pyridine rings is 1. The largest absolute Gasteiger partial charge is 0.456 e. The van der Waals surface area contributed by atoms with E-state index in [1.807, 2.05) is 42.5 Å². The molecule has 0 radical (unpaired) electrons. The molecule has 2 heterocycles. The van der Waals surface area contributed by atoms with Crippen molar-refractivity contribution in [3.8, 4) is 23.8 Å². The van der Waals surface area contributed by atoms with Crippen LogP contribution in [0.5, 0.6) is 11.5 Å². The van der Waals surface area contributed by atoms with E-state index < -0.39 is 5.66 Å². The first-order chi connectivity index (χ1) is 12.7. The Kier molecular flexibility index (Phi) is 5.59. The average Bonchev–Trinajstić information content (AvgIpc) is 3.45. The molecule has 0 aliphatic carbocycles. The van der Waals surface area contributed by atoms with E-state index in [2.05, 4.69) is 26.4 Å². The van der Waals surface area contributed by atoms with Gasteiger partial charge < -0.3 is 10.1 Å². The zero-order valence-electron chi connectivity index (χ0n) is 14.4. The van der Waals surface area contributed by atoms with Crippen LogP contribution in [0.25, 0.3) is 0 Å². The third-order valence-corrected chi connectivity index (χ3v) is 4.05. The van der Waals surface area contributed by atoms with Gasteiger partial charge in [-0.1, -0.05) is 18.2 Å². The van der Waals surface area contributed by atoms with Gasteiger partial charge in [0.25, 0.3) is 0 Å². The first kappa shape index (κ1) is 17.6. The number of ether oxygens (including phenoxy) is 1. The van der Waals surface area contributed by atoms with Gasteiger partial charge >= 0.3 is 0 Å². The highest BCUT2D eigenvalue weighted by Gasteiger charge is 2.39. The van der Waals surface area contributed by atoms with Gasteiger partial charge in [-0.3, -0.25) is 9.78 Å². The molecule has 0 fully saturated rings. The number of carbonyl (C=O) groups is 1. The van der Waals surface area contributed by atoms with E-state index in [4.69, 9.17) is 11.2 Å². The number of aromatic nitrogens is 1. The standard InChI is InChI=1S/C20H20N4O2/c1-2-3-12-20(23-24-20)13-11-19(25)22-14-16-9-10-18(15-21-16)26-17-7-5-4-6-8-17/h1,4-10,15H,3,11-14H2,(H,22,25). The highest BCUT2D eigenvalue weighted by Crippen LogP contribution is 2.37. The van der Waals surface area contributed by atoms with E-state index in [-0.39, 0.29) is 5.91 Å². The lowest BCUT2D eigenvalue weighted by Gasteiger charge is -2.09. The Labute approximate surface area is 152 Å². The number of carbonyl (C=O) groups excluding carboxylic acids is 1. The summed E-state index contributed by atoms with van der Waals surface area (Å²) in [5.74, 6) is 3.94. The second-order valence-electron chi connectivity index (χ2n) is 6.06. The van der Waals surface area contributed by atoms with Crippen LogP contribution in [0.2, 0.25) is 0 Å². The molecule has 6 nitrogen and oxygen atoms in total. The fourth-order valence-corrected chi connectivity index (χ4v) is 2.46. The van der Waals surface area contributed by atoms with Gasteiger partial charge in [0.05, 0.1) is 18.4 Å². The van der Waals surface area contributed by atoms with Crippen LogP contribution in [0.3, 0.4) is 0 Å². The van der Waals surface area contributed by atoms with Crippen LogP contribution in [-0.2, 0) is 11.3 Å². The van der Waals surface area contributed by atoms with Crippen LogP contribution in [0, 0.1) is 12.3 Å². The summed E-state index contributed by atoms with van der Waals surface area (Å²) < 4.78 is 5.69. The quantitative estimate of drug-likeness (QED) is 0.699. The van der Waals surface area contributed by atoms with E-state index in [9.17, 15) is 4.79 Å². The maximum atomic E-state index is 12.0. The summed E-state index contributed by atoms with van der Waals surface area (Å²) in [5, 5.41) is 10.9. The fraction of sp³-hybridized carbons (Fsp3) is 0.300. The number of rotatable bonds is 9. The van der Waals surface area contributed by atoms with Gasteiger partial charge in [-0.2, -0.15) is 10.2 Å². The number of amides is 1. The van der Waals surface area contributed by atoms with Gasteiger partial charge in [0.2, 0.25) is 5.91 Å². The van der Waals surface area contributed by atoms with Crippen molar-refractivity contribution in [2.24, 2.45) is 10.2 Å². The maximum absolute atomic E-state index is 12.0. The molecule has 1 N–H and O–H groups in total. The summed E-state index contributed by atoms with van der Waals surface area (Å²) in [4.78, 5) is 16.3. The van der Waals surface area contributed by atoms with Crippen LogP contribution in [0.1, 0.15) is 31.4 Å². The molecule has 1 aromatic heterocycles. The first-order valence-electron chi connectivity index (χ1n) is 8.51. The minimum Gasteiger partial charge on any atom is -0.456 e. The molecule has 3 rings (SSSR count). The molecule has 0 atom stereocenters. The summed E-state index contributed by atoms with van der Waals surface area (Å²) in [5.41, 5.74) is 0.347. The van der Waals surface area contributed by atoms with E-state index >= 15 is 0 Å². The van der Waals surface area contributed by atoms with E-state index in [1.54, 1.807) is 6.20 Å². The van der Waals surface area contributed by atoms with Crippen LogP contribution >= 0.6 is 0 Å². The molecule has 0 spiro atoms. The molecule has 132 valence electrons. The van der Waals surface area contributed by atoms with Crippen molar-refractivity contribution in [1.82, 2.24) is 10.3 Å². The van der Waals surface area contributed by atoms with Gasteiger partial charge in [0.1, 0.15) is 11.5 Å². The number of hydrogen-bond donors (Lipinski definition) is 1. The number of nitrogens with zero attached hydrogens (tertiary/aromatic N) is 3. The Morgan fingerprint density at radius 3 is 2.58 bits per heavy atom. The summed E-state index contributed by atoms with van der Waals surface area (Å²) in [6.45, 7) is 0.371. The summed E-state index contributed by atoms with van der Waals surface area (Å²) in [6, 6.07) is 13.2. The highest BCUT2D eigenvalue weighted by molar-refractivity contribution is 5.75. The van der Waals surface area contributed by atoms with Gasteiger partial charge in [-0.25, -0.2) is 0 Å². The Morgan fingerprint density at radius 1 is 1.12 bits per heavy atom. The molecule has 6 heteroatoms. The third kappa shape index (κ3) is 5.15. The lowest BCUT2D eigenvalue weighted by atomic mass is 10.0. The molecule has 0 saturated carbocycles. The van der Waals surface area contributed by atoms with Gasteiger partial charge in [0.15, 0.2) is 5.66 Å². The molecule has 26 heavy (non-hydrogen) atoms. The maximum Gasteiger partial charge on any atom is 0.220 e. The highest BCUT2D eigenvalue weighted by atomic mass is 16.5. The number of para-hydroxylation sites is 1. The summed E-state index contributed by atoms with van der Waals surface area (Å²) >= 11 is 0. The minimum atomic E-state index is -0.418.